The number of piperidine rings is 1. The molecule has 144 valence electrons. The van der Waals surface area contributed by atoms with Gasteiger partial charge in [0.1, 0.15) is 4.90 Å². The third-order valence-corrected chi connectivity index (χ3v) is 6.48. The van der Waals surface area contributed by atoms with Crippen LogP contribution in [0.4, 0.5) is 0 Å². The number of carbonyl (C=O) groups excluding carboxylic acids is 1. The molecule has 0 aliphatic carbocycles. The second-order valence-electron chi connectivity index (χ2n) is 6.26. The van der Waals surface area contributed by atoms with E-state index < -0.39 is 10.0 Å². The predicted molar refractivity (Wildman–Crippen MR) is 98.4 cm³/mol. The molecule has 1 aliphatic rings. The first kappa shape index (κ1) is 19.2. The van der Waals surface area contributed by atoms with Crippen LogP contribution in [0.15, 0.2) is 47.8 Å². The number of nitrogens with zero attached hydrogens (tertiary/aromatic N) is 3. The summed E-state index contributed by atoms with van der Waals surface area (Å²) < 4.78 is 31.8. The van der Waals surface area contributed by atoms with Crippen molar-refractivity contribution in [1.29, 1.82) is 0 Å². The van der Waals surface area contributed by atoms with Crippen LogP contribution in [-0.2, 0) is 21.4 Å². The molecule has 0 radical (unpaired) electrons. The number of nitrogens with one attached hydrogen (secondary N) is 1. The Bertz CT molecular complexity index is 881. The maximum absolute atomic E-state index is 12.6. The summed E-state index contributed by atoms with van der Waals surface area (Å²) in [5.41, 5.74) is 0.796. The normalized spacial score (nSPS) is 16.0. The number of sulfonamides is 1. The molecule has 3 heterocycles. The van der Waals surface area contributed by atoms with Gasteiger partial charge in [0.15, 0.2) is 0 Å². The van der Waals surface area contributed by atoms with Crippen LogP contribution in [0.3, 0.4) is 0 Å². The van der Waals surface area contributed by atoms with E-state index in [9.17, 15) is 13.2 Å². The molecule has 1 fully saturated rings. The van der Waals surface area contributed by atoms with Crippen molar-refractivity contribution in [2.45, 2.75) is 24.3 Å². The van der Waals surface area contributed by atoms with Crippen molar-refractivity contribution in [3.05, 3.63) is 48.4 Å². The number of aromatic nitrogens is 2. The first-order valence-corrected chi connectivity index (χ1v) is 10.1. The maximum atomic E-state index is 12.6. The number of rotatable bonds is 6. The molecule has 1 N–H and O–H groups in total. The Morgan fingerprint density at radius 3 is 2.67 bits per heavy atom. The fraction of sp³-hybridized carbons (Fsp3) is 0.389. The molecule has 2 aromatic rings. The molecular weight excluding hydrogens is 368 g/mol. The van der Waals surface area contributed by atoms with Crippen LogP contribution in [0.5, 0.6) is 5.88 Å². The summed E-state index contributed by atoms with van der Waals surface area (Å²) in [4.78, 5) is 20.6. The van der Waals surface area contributed by atoms with Crippen LogP contribution in [0.2, 0.25) is 0 Å². The molecule has 1 amide bonds. The van der Waals surface area contributed by atoms with Gasteiger partial charge in [-0.1, -0.05) is 6.07 Å². The minimum Gasteiger partial charge on any atom is -0.481 e. The lowest BCUT2D eigenvalue weighted by atomic mass is 9.97. The minimum absolute atomic E-state index is 0.0840. The Balaban J connectivity index is 1.55. The largest absolute Gasteiger partial charge is 0.481 e. The molecule has 27 heavy (non-hydrogen) atoms. The monoisotopic (exact) mass is 390 g/mol. The van der Waals surface area contributed by atoms with E-state index >= 15 is 0 Å². The van der Waals surface area contributed by atoms with Crippen LogP contribution < -0.4 is 10.1 Å². The zero-order chi connectivity index (χ0) is 19.3. The summed E-state index contributed by atoms with van der Waals surface area (Å²) >= 11 is 0. The van der Waals surface area contributed by atoms with Crippen molar-refractivity contribution in [3.63, 3.8) is 0 Å². The molecule has 9 heteroatoms. The Hall–Kier alpha value is -2.52. The summed E-state index contributed by atoms with van der Waals surface area (Å²) in [6.07, 6.45) is 5.47. The highest BCUT2D eigenvalue weighted by atomic mass is 32.2. The summed E-state index contributed by atoms with van der Waals surface area (Å²) in [6, 6.07) is 6.75. The smallest absolute Gasteiger partial charge is 0.244 e. The van der Waals surface area contributed by atoms with Crippen molar-refractivity contribution < 1.29 is 17.9 Å². The first-order chi connectivity index (χ1) is 13.0. The molecule has 1 saturated heterocycles. The summed E-state index contributed by atoms with van der Waals surface area (Å²) in [5.74, 6) is 0.183. The maximum Gasteiger partial charge on any atom is 0.244 e. The van der Waals surface area contributed by atoms with Gasteiger partial charge in [0.25, 0.3) is 0 Å². The molecule has 3 rings (SSSR count). The second kappa shape index (κ2) is 8.45. The molecule has 0 saturated carbocycles. The third-order valence-electron chi connectivity index (χ3n) is 4.59. The van der Waals surface area contributed by atoms with Gasteiger partial charge in [0.05, 0.1) is 7.11 Å². The van der Waals surface area contributed by atoms with Gasteiger partial charge in [-0.2, -0.15) is 4.31 Å². The van der Waals surface area contributed by atoms with E-state index in [1.807, 2.05) is 6.07 Å². The van der Waals surface area contributed by atoms with Gasteiger partial charge < -0.3 is 10.1 Å². The number of pyridine rings is 2. The van der Waals surface area contributed by atoms with E-state index in [0.717, 1.165) is 5.56 Å². The zero-order valence-electron chi connectivity index (χ0n) is 15.0. The van der Waals surface area contributed by atoms with Gasteiger partial charge in [0.2, 0.25) is 21.8 Å². The average Bonchev–Trinajstić information content (AvgIpc) is 2.73. The molecule has 0 atom stereocenters. The first-order valence-electron chi connectivity index (χ1n) is 8.68. The number of hydrogen-bond donors (Lipinski definition) is 1. The molecule has 0 bridgehead atoms. The van der Waals surface area contributed by atoms with Crippen molar-refractivity contribution >= 4 is 15.9 Å². The number of amides is 1. The van der Waals surface area contributed by atoms with Crippen molar-refractivity contribution in [1.82, 2.24) is 19.6 Å². The lowest BCUT2D eigenvalue weighted by Gasteiger charge is -2.30. The SMILES string of the molecule is COc1ncccc1CNC(=O)C1CCN(S(=O)(=O)c2cccnc2)CC1. The summed E-state index contributed by atoms with van der Waals surface area (Å²) in [5, 5.41) is 2.89. The van der Waals surface area contributed by atoms with E-state index in [1.54, 1.807) is 18.3 Å². The molecule has 0 unspecified atom stereocenters. The molecule has 1 aliphatic heterocycles. The van der Waals surface area contributed by atoms with Crippen LogP contribution in [0.1, 0.15) is 18.4 Å². The fourth-order valence-electron chi connectivity index (χ4n) is 3.08. The van der Waals surface area contributed by atoms with E-state index in [0.29, 0.717) is 38.4 Å². The lowest BCUT2D eigenvalue weighted by molar-refractivity contribution is -0.126. The highest BCUT2D eigenvalue weighted by Crippen LogP contribution is 2.24. The molecule has 0 aromatic carbocycles. The van der Waals surface area contributed by atoms with Crippen molar-refractivity contribution in [3.8, 4) is 5.88 Å². The van der Waals surface area contributed by atoms with Crippen molar-refractivity contribution in [2.24, 2.45) is 5.92 Å². The Morgan fingerprint density at radius 2 is 2.00 bits per heavy atom. The molecule has 8 nitrogen and oxygen atoms in total. The number of hydrogen-bond acceptors (Lipinski definition) is 6. The number of methoxy groups -OCH3 is 1. The fourth-order valence-corrected chi connectivity index (χ4v) is 4.51. The number of carbonyl (C=O) groups is 1. The van der Waals surface area contributed by atoms with Gasteiger partial charge in [-0.25, -0.2) is 13.4 Å². The second-order valence-corrected chi connectivity index (χ2v) is 8.19. The quantitative estimate of drug-likeness (QED) is 0.795. The van der Waals surface area contributed by atoms with E-state index in [-0.39, 0.29) is 16.7 Å². The van der Waals surface area contributed by atoms with Gasteiger partial charge >= 0.3 is 0 Å². The summed E-state index contributed by atoms with van der Waals surface area (Å²) in [6.45, 7) is 0.946. The van der Waals surface area contributed by atoms with E-state index in [4.69, 9.17) is 4.74 Å². The molecule has 0 spiro atoms. The van der Waals surface area contributed by atoms with Gasteiger partial charge in [-0.05, 0) is 31.0 Å². The topological polar surface area (TPSA) is 101 Å². The highest BCUT2D eigenvalue weighted by molar-refractivity contribution is 7.89. The average molecular weight is 390 g/mol. The molecular formula is C18H22N4O4S. The Labute approximate surface area is 158 Å². The van der Waals surface area contributed by atoms with E-state index in [1.165, 1.54) is 29.9 Å². The van der Waals surface area contributed by atoms with Crippen LogP contribution >= 0.6 is 0 Å². The van der Waals surface area contributed by atoms with Gasteiger partial charge in [-0.15, -0.1) is 0 Å². The lowest BCUT2D eigenvalue weighted by Crippen LogP contribution is -2.42. The number of ether oxygens (including phenoxy) is 1. The standard InChI is InChI=1S/C18H22N4O4S/c1-26-18-15(4-2-9-20-18)12-21-17(23)14-6-10-22(11-7-14)27(24,25)16-5-3-8-19-13-16/h2-5,8-9,13-14H,6-7,10-12H2,1H3,(H,21,23). The predicted octanol–water partition coefficient (Wildman–Crippen LogP) is 1.20. The Morgan fingerprint density at radius 1 is 1.26 bits per heavy atom. The van der Waals surface area contributed by atoms with Crippen molar-refractivity contribution in [2.75, 3.05) is 20.2 Å². The Kier molecular flexibility index (Phi) is 6.02. The van der Waals surface area contributed by atoms with Gasteiger partial charge in [0, 0.05) is 49.7 Å². The van der Waals surface area contributed by atoms with Crippen LogP contribution in [0, 0.1) is 5.92 Å². The van der Waals surface area contributed by atoms with E-state index in [2.05, 4.69) is 15.3 Å². The van der Waals surface area contributed by atoms with Gasteiger partial charge in [-0.3, -0.25) is 9.78 Å². The highest BCUT2D eigenvalue weighted by Gasteiger charge is 2.32. The minimum atomic E-state index is -3.56. The molecule has 2 aromatic heterocycles. The summed E-state index contributed by atoms with van der Waals surface area (Å²) in [7, 11) is -2.03. The van der Waals surface area contributed by atoms with Crippen LogP contribution in [-0.4, -0.2) is 48.8 Å². The third kappa shape index (κ3) is 4.42. The zero-order valence-corrected chi connectivity index (χ0v) is 15.9. The van der Waals surface area contributed by atoms with Crippen LogP contribution in [0.25, 0.3) is 0 Å².